The zero-order chi connectivity index (χ0) is 21.0. The predicted molar refractivity (Wildman–Crippen MR) is 105 cm³/mol. The first-order valence-corrected chi connectivity index (χ1v) is 8.87. The summed E-state index contributed by atoms with van der Waals surface area (Å²) in [5.74, 6) is -0.854. The Hall–Kier alpha value is -3.52. The van der Waals surface area contributed by atoms with Gasteiger partial charge in [-0.2, -0.15) is 0 Å². The number of likely N-dealkylation sites (tertiary alicyclic amines) is 1. The first-order valence-electron chi connectivity index (χ1n) is 8.87. The summed E-state index contributed by atoms with van der Waals surface area (Å²) in [6.07, 6.45) is 0.886. The van der Waals surface area contributed by atoms with Gasteiger partial charge in [0, 0.05) is 19.2 Å². The van der Waals surface area contributed by atoms with Gasteiger partial charge in [-0.15, -0.1) is 0 Å². The molecule has 0 aliphatic carbocycles. The highest BCUT2D eigenvalue weighted by Crippen LogP contribution is 2.38. The molecule has 2 atom stereocenters. The second kappa shape index (κ2) is 8.66. The molecular weight excluding hydrogens is 376 g/mol. The molecule has 2 aromatic rings. The summed E-state index contributed by atoms with van der Waals surface area (Å²) in [5, 5.41) is 11.1. The number of carbonyl (C=O) groups excluding carboxylic acids is 2. The van der Waals surface area contributed by atoms with E-state index in [1.807, 2.05) is 30.3 Å². The third-order valence-corrected chi connectivity index (χ3v) is 4.75. The molecule has 1 saturated heterocycles. The van der Waals surface area contributed by atoms with Gasteiger partial charge in [0.2, 0.25) is 0 Å². The van der Waals surface area contributed by atoms with Crippen LogP contribution >= 0.6 is 0 Å². The fourth-order valence-electron chi connectivity index (χ4n) is 3.33. The van der Waals surface area contributed by atoms with E-state index < -0.39 is 23.0 Å². The number of non-ortho nitro benzene ring substituents is 1. The van der Waals surface area contributed by atoms with Gasteiger partial charge in [0.25, 0.3) is 11.6 Å². The van der Waals surface area contributed by atoms with Crippen molar-refractivity contribution in [2.24, 2.45) is 0 Å². The monoisotopic (exact) mass is 396 g/mol. The SMILES string of the molecule is COC(=O)/C(=C/c1ccccc1)CN1C(=O)[C@@H](OC)[C@H]1c1cccc([N+](=O)[O-])c1. The van der Waals surface area contributed by atoms with E-state index in [1.165, 1.54) is 31.3 Å². The Morgan fingerprint density at radius 3 is 2.52 bits per heavy atom. The average Bonchev–Trinajstić information content (AvgIpc) is 2.74. The van der Waals surface area contributed by atoms with Crippen molar-refractivity contribution in [1.29, 1.82) is 0 Å². The molecule has 1 heterocycles. The molecule has 0 spiro atoms. The number of ether oxygens (including phenoxy) is 2. The molecule has 1 fully saturated rings. The summed E-state index contributed by atoms with van der Waals surface area (Å²) >= 11 is 0. The van der Waals surface area contributed by atoms with Crippen LogP contribution in [-0.2, 0) is 19.1 Å². The van der Waals surface area contributed by atoms with E-state index in [9.17, 15) is 19.7 Å². The van der Waals surface area contributed by atoms with Crippen molar-refractivity contribution in [2.75, 3.05) is 20.8 Å². The number of nitro groups is 1. The molecule has 8 heteroatoms. The first-order chi connectivity index (χ1) is 14.0. The molecule has 0 bridgehead atoms. The Labute approximate surface area is 167 Å². The predicted octanol–water partition coefficient (Wildman–Crippen LogP) is 2.75. The number of hydrogen-bond acceptors (Lipinski definition) is 6. The van der Waals surface area contributed by atoms with Crippen LogP contribution in [0.3, 0.4) is 0 Å². The second-order valence-electron chi connectivity index (χ2n) is 6.49. The van der Waals surface area contributed by atoms with E-state index in [2.05, 4.69) is 0 Å². The van der Waals surface area contributed by atoms with Crippen LogP contribution in [-0.4, -0.2) is 48.6 Å². The topological polar surface area (TPSA) is 99.0 Å². The molecule has 2 aromatic carbocycles. The fraction of sp³-hybridized carbons (Fsp3) is 0.238. The van der Waals surface area contributed by atoms with Crippen molar-refractivity contribution in [2.45, 2.75) is 12.1 Å². The Balaban J connectivity index is 1.93. The Bertz CT molecular complexity index is 957. The lowest BCUT2D eigenvalue weighted by molar-refractivity contribution is -0.385. The van der Waals surface area contributed by atoms with Crippen molar-refractivity contribution in [3.63, 3.8) is 0 Å². The highest BCUT2D eigenvalue weighted by molar-refractivity contribution is 5.96. The minimum Gasteiger partial charge on any atom is -0.466 e. The van der Waals surface area contributed by atoms with Crippen LogP contribution in [0.5, 0.6) is 0 Å². The zero-order valence-corrected chi connectivity index (χ0v) is 16.0. The number of rotatable bonds is 7. The maximum atomic E-state index is 12.6. The number of β-lactam (4-membered cyclic amide) rings is 1. The van der Waals surface area contributed by atoms with E-state index >= 15 is 0 Å². The molecule has 0 aromatic heterocycles. The van der Waals surface area contributed by atoms with Crippen LogP contribution in [0, 0.1) is 10.1 Å². The number of amides is 1. The Morgan fingerprint density at radius 1 is 1.17 bits per heavy atom. The van der Waals surface area contributed by atoms with Gasteiger partial charge in [-0.1, -0.05) is 42.5 Å². The van der Waals surface area contributed by atoms with Gasteiger partial charge in [0.15, 0.2) is 6.10 Å². The van der Waals surface area contributed by atoms with Crippen molar-refractivity contribution in [1.82, 2.24) is 4.90 Å². The average molecular weight is 396 g/mol. The summed E-state index contributed by atoms with van der Waals surface area (Å²) in [6.45, 7) is -0.00633. The van der Waals surface area contributed by atoms with Crippen LogP contribution in [0.25, 0.3) is 6.08 Å². The summed E-state index contributed by atoms with van der Waals surface area (Å²) in [5.41, 5.74) is 1.56. The van der Waals surface area contributed by atoms with Crippen LogP contribution in [0.4, 0.5) is 5.69 Å². The van der Waals surface area contributed by atoms with Crippen LogP contribution < -0.4 is 0 Å². The summed E-state index contributed by atoms with van der Waals surface area (Å²) in [6, 6.07) is 14.7. The molecule has 0 N–H and O–H groups in total. The molecule has 3 rings (SSSR count). The highest BCUT2D eigenvalue weighted by Gasteiger charge is 2.49. The van der Waals surface area contributed by atoms with Gasteiger partial charge in [0.05, 0.1) is 30.2 Å². The van der Waals surface area contributed by atoms with Gasteiger partial charge in [-0.05, 0) is 17.2 Å². The van der Waals surface area contributed by atoms with E-state index in [1.54, 1.807) is 18.2 Å². The standard InChI is InChI=1S/C21H20N2O6/c1-28-19-18(15-9-6-10-17(12-15)23(26)27)22(20(19)24)13-16(21(25)29-2)11-14-7-4-3-5-8-14/h3-12,18-19H,13H2,1-2H3/b16-11+/t18-,19+/m1/s1. The maximum Gasteiger partial charge on any atom is 0.335 e. The van der Waals surface area contributed by atoms with Crippen LogP contribution in [0.15, 0.2) is 60.2 Å². The van der Waals surface area contributed by atoms with Crippen LogP contribution in [0.2, 0.25) is 0 Å². The van der Waals surface area contributed by atoms with E-state index in [0.717, 1.165) is 5.56 Å². The normalized spacial score (nSPS) is 18.9. The number of nitro benzene ring substituents is 1. The lowest BCUT2D eigenvalue weighted by Gasteiger charge is -2.46. The van der Waals surface area contributed by atoms with Gasteiger partial charge in [-0.3, -0.25) is 14.9 Å². The summed E-state index contributed by atoms with van der Waals surface area (Å²) < 4.78 is 10.2. The fourth-order valence-corrected chi connectivity index (χ4v) is 3.33. The lowest BCUT2D eigenvalue weighted by Crippen LogP contribution is -2.60. The van der Waals surface area contributed by atoms with Gasteiger partial charge in [-0.25, -0.2) is 4.79 Å². The van der Waals surface area contributed by atoms with E-state index in [0.29, 0.717) is 5.56 Å². The Kier molecular flexibility index (Phi) is 6.04. The van der Waals surface area contributed by atoms with Crippen molar-refractivity contribution >= 4 is 23.6 Å². The molecule has 1 aliphatic heterocycles. The van der Waals surface area contributed by atoms with E-state index in [-0.39, 0.29) is 23.7 Å². The van der Waals surface area contributed by atoms with Gasteiger partial charge < -0.3 is 14.4 Å². The van der Waals surface area contributed by atoms with Crippen molar-refractivity contribution in [3.8, 4) is 0 Å². The number of benzene rings is 2. The number of carbonyl (C=O) groups is 2. The number of hydrogen-bond donors (Lipinski definition) is 0. The lowest BCUT2D eigenvalue weighted by atomic mass is 9.89. The minimum absolute atomic E-state index is 0.00633. The first kappa shape index (κ1) is 20.2. The molecule has 8 nitrogen and oxygen atoms in total. The van der Waals surface area contributed by atoms with E-state index in [4.69, 9.17) is 9.47 Å². The highest BCUT2D eigenvalue weighted by atomic mass is 16.6. The maximum absolute atomic E-state index is 12.6. The minimum atomic E-state index is -0.771. The molecule has 0 saturated carbocycles. The third-order valence-electron chi connectivity index (χ3n) is 4.75. The van der Waals surface area contributed by atoms with Crippen molar-refractivity contribution < 1.29 is 24.0 Å². The molecule has 1 aliphatic rings. The summed E-state index contributed by atoms with van der Waals surface area (Å²) in [7, 11) is 2.68. The Morgan fingerprint density at radius 2 is 1.90 bits per heavy atom. The quantitative estimate of drug-likeness (QED) is 0.235. The zero-order valence-electron chi connectivity index (χ0n) is 16.0. The molecule has 1 amide bonds. The van der Waals surface area contributed by atoms with Crippen molar-refractivity contribution in [3.05, 3.63) is 81.4 Å². The van der Waals surface area contributed by atoms with Gasteiger partial charge in [0.1, 0.15) is 0 Å². The molecule has 0 unspecified atom stereocenters. The molecule has 29 heavy (non-hydrogen) atoms. The number of esters is 1. The molecule has 150 valence electrons. The molecular formula is C21H20N2O6. The molecule has 0 radical (unpaired) electrons. The summed E-state index contributed by atoms with van der Waals surface area (Å²) in [4.78, 5) is 36.9. The third kappa shape index (κ3) is 4.17. The van der Waals surface area contributed by atoms with Gasteiger partial charge >= 0.3 is 5.97 Å². The van der Waals surface area contributed by atoms with Crippen LogP contribution in [0.1, 0.15) is 17.2 Å². The largest absolute Gasteiger partial charge is 0.466 e. The number of methoxy groups -OCH3 is 2. The smallest absolute Gasteiger partial charge is 0.335 e. The number of nitrogens with zero attached hydrogens (tertiary/aromatic N) is 2. The second-order valence-corrected chi connectivity index (χ2v) is 6.49.